The molecule has 0 aromatic carbocycles. The fourth-order valence-electron chi connectivity index (χ4n) is 1.78. The summed E-state index contributed by atoms with van der Waals surface area (Å²) in [6.45, 7) is 1.61. The van der Waals surface area contributed by atoms with Crippen LogP contribution in [0.25, 0.3) is 0 Å². The van der Waals surface area contributed by atoms with Crippen LogP contribution in [0.4, 0.5) is 11.4 Å². The maximum absolute atomic E-state index is 10.7. The zero-order chi connectivity index (χ0) is 10.8. The van der Waals surface area contributed by atoms with Crippen LogP contribution < -0.4 is 9.80 Å². The summed E-state index contributed by atoms with van der Waals surface area (Å²) in [5.41, 5.74) is 1.94. The second-order valence-corrected chi connectivity index (χ2v) is 3.60. The van der Waals surface area contributed by atoms with E-state index in [-0.39, 0.29) is 6.54 Å². The van der Waals surface area contributed by atoms with Crippen molar-refractivity contribution in [2.24, 2.45) is 0 Å². The predicted molar refractivity (Wildman–Crippen MR) is 57.4 cm³/mol. The van der Waals surface area contributed by atoms with E-state index in [0.29, 0.717) is 0 Å². The third kappa shape index (κ3) is 1.86. The Hall–Kier alpha value is -1.78. The molecule has 80 valence electrons. The van der Waals surface area contributed by atoms with Crippen molar-refractivity contribution in [3.8, 4) is 0 Å². The van der Waals surface area contributed by atoms with Crippen LogP contribution in [-0.4, -0.2) is 42.7 Å². The van der Waals surface area contributed by atoms with E-state index in [9.17, 15) is 4.79 Å². The molecular weight excluding hydrogens is 194 g/mol. The molecular formula is C10H13N3O2. The van der Waals surface area contributed by atoms with Crippen molar-refractivity contribution in [2.75, 3.05) is 36.5 Å². The molecule has 0 bridgehead atoms. The summed E-state index contributed by atoms with van der Waals surface area (Å²) < 4.78 is 0. The summed E-state index contributed by atoms with van der Waals surface area (Å²) in [6.07, 6.45) is 3.45. The molecule has 0 saturated heterocycles. The number of anilines is 2. The van der Waals surface area contributed by atoms with Crippen LogP contribution in [0.2, 0.25) is 0 Å². The van der Waals surface area contributed by atoms with Gasteiger partial charge in [0.05, 0.1) is 17.6 Å². The van der Waals surface area contributed by atoms with E-state index in [2.05, 4.69) is 9.88 Å². The number of pyridine rings is 1. The van der Waals surface area contributed by atoms with E-state index >= 15 is 0 Å². The van der Waals surface area contributed by atoms with Crippen molar-refractivity contribution in [1.82, 2.24) is 4.98 Å². The lowest BCUT2D eigenvalue weighted by atomic mass is 10.2. The fourth-order valence-corrected chi connectivity index (χ4v) is 1.78. The van der Waals surface area contributed by atoms with E-state index in [1.165, 1.54) is 0 Å². The third-order valence-corrected chi connectivity index (χ3v) is 2.56. The summed E-state index contributed by atoms with van der Waals surface area (Å²) in [5.74, 6) is -0.803. The first-order valence-electron chi connectivity index (χ1n) is 4.80. The Morgan fingerprint density at radius 1 is 1.53 bits per heavy atom. The maximum atomic E-state index is 10.7. The quantitative estimate of drug-likeness (QED) is 0.761. The average molecular weight is 207 g/mol. The Balaban J connectivity index is 2.31. The highest BCUT2D eigenvalue weighted by atomic mass is 16.4. The number of rotatable bonds is 2. The Morgan fingerprint density at radius 3 is 3.07 bits per heavy atom. The van der Waals surface area contributed by atoms with E-state index in [4.69, 9.17) is 5.11 Å². The lowest BCUT2D eigenvalue weighted by Gasteiger charge is -2.35. The number of nitrogens with zero attached hydrogens (tertiary/aromatic N) is 3. The molecule has 0 aliphatic carbocycles. The molecule has 2 rings (SSSR count). The van der Waals surface area contributed by atoms with Gasteiger partial charge in [-0.25, -0.2) is 0 Å². The smallest absolute Gasteiger partial charge is 0.323 e. The molecule has 0 radical (unpaired) electrons. The molecule has 2 heterocycles. The molecule has 0 spiro atoms. The highest BCUT2D eigenvalue weighted by molar-refractivity contribution is 5.79. The molecule has 1 aromatic heterocycles. The highest BCUT2D eigenvalue weighted by Crippen LogP contribution is 2.30. The molecule has 1 N–H and O–H groups in total. The van der Waals surface area contributed by atoms with Gasteiger partial charge in [-0.05, 0) is 6.07 Å². The number of aromatic nitrogens is 1. The number of fused-ring (bicyclic) bond motifs is 1. The number of aliphatic carboxylic acids is 1. The van der Waals surface area contributed by atoms with Gasteiger partial charge in [-0.3, -0.25) is 9.78 Å². The summed E-state index contributed by atoms with van der Waals surface area (Å²) in [5, 5.41) is 8.79. The van der Waals surface area contributed by atoms with Crippen molar-refractivity contribution in [3.63, 3.8) is 0 Å². The number of carbonyl (C=O) groups is 1. The minimum atomic E-state index is -0.803. The highest BCUT2D eigenvalue weighted by Gasteiger charge is 2.21. The number of carboxylic acid groups (broad SMARTS) is 1. The van der Waals surface area contributed by atoms with Crippen LogP contribution in [0.15, 0.2) is 18.5 Å². The van der Waals surface area contributed by atoms with E-state index in [0.717, 1.165) is 24.5 Å². The first kappa shape index (κ1) is 9.76. The SMILES string of the molecule is CN1CCN(CC(=O)O)c2ccncc21. The van der Waals surface area contributed by atoms with Crippen molar-refractivity contribution in [1.29, 1.82) is 0 Å². The summed E-state index contributed by atoms with van der Waals surface area (Å²) in [4.78, 5) is 18.7. The molecule has 5 nitrogen and oxygen atoms in total. The third-order valence-electron chi connectivity index (χ3n) is 2.56. The molecule has 0 fully saturated rings. The fraction of sp³-hybridized carbons (Fsp3) is 0.400. The van der Waals surface area contributed by atoms with Crippen LogP contribution in [0.3, 0.4) is 0 Å². The second kappa shape index (κ2) is 3.76. The molecule has 1 aliphatic heterocycles. The first-order chi connectivity index (χ1) is 7.18. The van der Waals surface area contributed by atoms with Gasteiger partial charge >= 0.3 is 5.97 Å². The standard InChI is InChI=1S/C10H13N3O2/c1-12-4-5-13(7-10(14)15)8-2-3-11-6-9(8)12/h2-3,6H,4-5,7H2,1H3,(H,14,15). The topological polar surface area (TPSA) is 56.7 Å². The van der Waals surface area contributed by atoms with Gasteiger partial charge in [0.15, 0.2) is 0 Å². The molecule has 0 saturated carbocycles. The summed E-state index contributed by atoms with van der Waals surface area (Å²) in [6, 6.07) is 1.86. The van der Waals surface area contributed by atoms with Crippen molar-refractivity contribution in [3.05, 3.63) is 18.5 Å². The van der Waals surface area contributed by atoms with Gasteiger partial charge in [-0.2, -0.15) is 0 Å². The number of carboxylic acids is 1. The minimum Gasteiger partial charge on any atom is -0.480 e. The van der Waals surface area contributed by atoms with Gasteiger partial charge in [-0.15, -0.1) is 0 Å². The Bertz CT molecular complexity index is 381. The van der Waals surface area contributed by atoms with Crippen molar-refractivity contribution >= 4 is 17.3 Å². The molecule has 1 aromatic rings. The van der Waals surface area contributed by atoms with Gasteiger partial charge in [0.25, 0.3) is 0 Å². The predicted octanol–water partition coefficient (Wildman–Crippen LogP) is 0.422. The zero-order valence-corrected chi connectivity index (χ0v) is 8.55. The molecule has 5 heteroatoms. The average Bonchev–Trinajstić information content (AvgIpc) is 2.22. The van der Waals surface area contributed by atoms with E-state index in [1.54, 1.807) is 12.4 Å². The zero-order valence-electron chi connectivity index (χ0n) is 8.55. The van der Waals surface area contributed by atoms with Crippen molar-refractivity contribution < 1.29 is 9.90 Å². The first-order valence-corrected chi connectivity index (χ1v) is 4.80. The van der Waals surface area contributed by atoms with Gasteiger partial charge in [0.2, 0.25) is 0 Å². The number of likely N-dealkylation sites (N-methyl/N-ethyl adjacent to an activating group) is 1. The molecule has 0 atom stereocenters. The van der Waals surface area contributed by atoms with Crippen molar-refractivity contribution in [2.45, 2.75) is 0 Å². The lowest BCUT2D eigenvalue weighted by molar-refractivity contribution is -0.135. The molecule has 15 heavy (non-hydrogen) atoms. The normalized spacial score (nSPS) is 15.0. The minimum absolute atomic E-state index is 0.0465. The van der Waals surface area contributed by atoms with Crippen LogP contribution in [0.1, 0.15) is 0 Å². The van der Waals surface area contributed by atoms with E-state index < -0.39 is 5.97 Å². The Labute approximate surface area is 87.9 Å². The Kier molecular flexibility index (Phi) is 2.45. The number of hydrogen-bond donors (Lipinski definition) is 1. The van der Waals surface area contributed by atoms with Gasteiger partial charge in [0, 0.05) is 26.3 Å². The van der Waals surface area contributed by atoms with Crippen LogP contribution in [0.5, 0.6) is 0 Å². The van der Waals surface area contributed by atoms with Gasteiger partial charge in [0.1, 0.15) is 6.54 Å². The summed E-state index contributed by atoms with van der Waals surface area (Å²) in [7, 11) is 1.98. The number of hydrogen-bond acceptors (Lipinski definition) is 4. The second-order valence-electron chi connectivity index (χ2n) is 3.60. The van der Waals surface area contributed by atoms with Gasteiger partial charge in [-0.1, -0.05) is 0 Å². The Morgan fingerprint density at radius 2 is 2.33 bits per heavy atom. The lowest BCUT2D eigenvalue weighted by Crippen LogP contribution is -2.41. The molecule has 1 aliphatic rings. The maximum Gasteiger partial charge on any atom is 0.323 e. The largest absolute Gasteiger partial charge is 0.480 e. The van der Waals surface area contributed by atoms with Crippen LogP contribution >= 0.6 is 0 Å². The molecule has 0 amide bonds. The molecule has 0 unspecified atom stereocenters. The van der Waals surface area contributed by atoms with Crippen LogP contribution in [-0.2, 0) is 4.79 Å². The monoisotopic (exact) mass is 207 g/mol. The van der Waals surface area contributed by atoms with E-state index in [1.807, 2.05) is 18.0 Å². The van der Waals surface area contributed by atoms with Crippen LogP contribution in [0, 0.1) is 0 Å². The van der Waals surface area contributed by atoms with Gasteiger partial charge < -0.3 is 14.9 Å². The summed E-state index contributed by atoms with van der Waals surface area (Å²) >= 11 is 0.